The molecule has 0 saturated carbocycles. The molecule has 1 fully saturated rings. The minimum Gasteiger partial charge on any atom is -0.497 e. The highest BCUT2D eigenvalue weighted by Gasteiger charge is 2.27. The van der Waals surface area contributed by atoms with Crippen LogP contribution in [0.2, 0.25) is 0 Å². The fourth-order valence-corrected chi connectivity index (χ4v) is 3.59. The summed E-state index contributed by atoms with van der Waals surface area (Å²) in [5.41, 5.74) is 1.54. The number of likely N-dealkylation sites (tertiary alicyclic amines) is 1. The number of methoxy groups -OCH3 is 2. The number of nitrogens with one attached hydrogen (secondary N) is 1. The molecule has 1 N–H and O–H groups in total. The number of piperidine rings is 1. The lowest BCUT2D eigenvalue weighted by molar-refractivity contribution is 0.0969. The van der Waals surface area contributed by atoms with Crippen LogP contribution in [-0.4, -0.2) is 41.7 Å². The summed E-state index contributed by atoms with van der Waals surface area (Å²) in [6.07, 6.45) is 6.77. The van der Waals surface area contributed by atoms with Crippen molar-refractivity contribution < 1.29 is 14.3 Å². The van der Waals surface area contributed by atoms with Gasteiger partial charge in [-0.15, -0.1) is 0 Å². The van der Waals surface area contributed by atoms with E-state index in [9.17, 15) is 4.79 Å². The Bertz CT molecular complexity index is 791. The number of benzene rings is 1. The number of nitrogens with zero attached hydrogens (tertiary/aromatic N) is 2. The van der Waals surface area contributed by atoms with Crippen LogP contribution in [0.5, 0.6) is 11.5 Å². The van der Waals surface area contributed by atoms with Gasteiger partial charge in [0.05, 0.1) is 20.3 Å². The standard InChI is InChI=1S/C20H23N3O3S/c1-25-16-10-15(11-17(12-16)26-2)19(24)22-20(27)23-9-4-3-7-18(23)14-6-5-8-21-13-14/h5-6,8,10-13,18H,3-4,7,9H2,1-2H3,(H,22,24,27)/t18-/m1/s1. The molecule has 0 spiro atoms. The second-order valence-electron chi connectivity index (χ2n) is 6.35. The van der Waals surface area contributed by atoms with E-state index in [1.807, 2.05) is 18.3 Å². The van der Waals surface area contributed by atoms with Crippen molar-refractivity contribution in [3.05, 3.63) is 53.9 Å². The molecule has 6 nitrogen and oxygen atoms in total. The summed E-state index contributed by atoms with van der Waals surface area (Å²) in [6, 6.07) is 9.14. The summed E-state index contributed by atoms with van der Waals surface area (Å²) >= 11 is 5.56. The lowest BCUT2D eigenvalue weighted by atomic mass is 9.97. The van der Waals surface area contributed by atoms with Gasteiger partial charge >= 0.3 is 0 Å². The number of hydrogen-bond donors (Lipinski definition) is 1. The van der Waals surface area contributed by atoms with E-state index < -0.39 is 0 Å². The molecule has 1 saturated heterocycles. The monoisotopic (exact) mass is 385 g/mol. The van der Waals surface area contributed by atoms with Crippen LogP contribution in [0.15, 0.2) is 42.7 Å². The normalized spacial score (nSPS) is 16.5. The minimum atomic E-state index is -0.285. The Balaban J connectivity index is 1.76. The van der Waals surface area contributed by atoms with E-state index in [0.717, 1.165) is 31.4 Å². The van der Waals surface area contributed by atoms with E-state index in [1.165, 1.54) is 0 Å². The van der Waals surface area contributed by atoms with Crippen LogP contribution in [0.1, 0.15) is 41.2 Å². The zero-order valence-corrected chi connectivity index (χ0v) is 16.3. The summed E-state index contributed by atoms with van der Waals surface area (Å²) in [5, 5.41) is 3.28. The van der Waals surface area contributed by atoms with E-state index in [2.05, 4.69) is 15.2 Å². The van der Waals surface area contributed by atoms with E-state index in [1.54, 1.807) is 38.6 Å². The van der Waals surface area contributed by atoms with E-state index >= 15 is 0 Å². The third-order valence-electron chi connectivity index (χ3n) is 4.67. The predicted octanol–water partition coefficient (Wildman–Crippen LogP) is 3.34. The minimum absolute atomic E-state index is 0.125. The third-order valence-corrected chi connectivity index (χ3v) is 5.00. The van der Waals surface area contributed by atoms with Gasteiger partial charge in [0, 0.05) is 30.6 Å². The third kappa shape index (κ3) is 4.54. The molecule has 3 rings (SSSR count). The van der Waals surface area contributed by atoms with Gasteiger partial charge < -0.3 is 14.4 Å². The van der Waals surface area contributed by atoms with Crippen molar-refractivity contribution in [3.8, 4) is 11.5 Å². The van der Waals surface area contributed by atoms with Gasteiger partial charge in [-0.1, -0.05) is 6.07 Å². The molecule has 1 aliphatic rings. The van der Waals surface area contributed by atoms with Crippen LogP contribution in [-0.2, 0) is 0 Å². The maximum atomic E-state index is 12.7. The smallest absolute Gasteiger partial charge is 0.257 e. The molecule has 27 heavy (non-hydrogen) atoms. The van der Waals surface area contributed by atoms with Gasteiger partial charge in [0.1, 0.15) is 11.5 Å². The molecule has 0 aliphatic carbocycles. The number of ether oxygens (including phenoxy) is 2. The number of carbonyl (C=O) groups excluding carboxylic acids is 1. The fourth-order valence-electron chi connectivity index (χ4n) is 3.27. The van der Waals surface area contributed by atoms with Gasteiger partial charge in [-0.2, -0.15) is 0 Å². The summed E-state index contributed by atoms with van der Waals surface area (Å²) in [5.74, 6) is 0.820. The molecule has 2 heterocycles. The summed E-state index contributed by atoms with van der Waals surface area (Å²) < 4.78 is 10.5. The average Bonchev–Trinajstić information content (AvgIpc) is 2.73. The fraction of sp³-hybridized carbons (Fsp3) is 0.350. The molecular formula is C20H23N3O3S. The van der Waals surface area contributed by atoms with Gasteiger partial charge in [-0.3, -0.25) is 15.1 Å². The molecular weight excluding hydrogens is 362 g/mol. The molecule has 0 unspecified atom stereocenters. The van der Waals surface area contributed by atoms with Crippen molar-refractivity contribution in [2.75, 3.05) is 20.8 Å². The molecule has 142 valence electrons. The molecule has 1 aromatic carbocycles. The zero-order valence-electron chi connectivity index (χ0n) is 15.5. The maximum Gasteiger partial charge on any atom is 0.257 e. The molecule has 1 atom stereocenters. The van der Waals surface area contributed by atoms with Crippen LogP contribution < -0.4 is 14.8 Å². The Labute approximate surface area is 164 Å². The topological polar surface area (TPSA) is 63.7 Å². The van der Waals surface area contributed by atoms with Crippen molar-refractivity contribution in [3.63, 3.8) is 0 Å². The largest absolute Gasteiger partial charge is 0.497 e. The Morgan fingerprint density at radius 3 is 2.59 bits per heavy atom. The lowest BCUT2D eigenvalue weighted by Crippen LogP contribution is -2.46. The van der Waals surface area contributed by atoms with Gasteiger partial charge in [0.25, 0.3) is 5.91 Å². The zero-order chi connectivity index (χ0) is 19.2. The molecule has 1 aromatic heterocycles. The first-order valence-electron chi connectivity index (χ1n) is 8.87. The van der Waals surface area contributed by atoms with E-state index in [0.29, 0.717) is 22.2 Å². The van der Waals surface area contributed by atoms with Crippen molar-refractivity contribution in [2.24, 2.45) is 0 Å². The van der Waals surface area contributed by atoms with Crippen molar-refractivity contribution in [2.45, 2.75) is 25.3 Å². The van der Waals surface area contributed by atoms with Crippen LogP contribution in [0, 0.1) is 0 Å². The van der Waals surface area contributed by atoms with Gasteiger partial charge in [-0.05, 0) is 55.2 Å². The summed E-state index contributed by atoms with van der Waals surface area (Å²) in [6.45, 7) is 0.806. The number of thiocarbonyl (C=S) groups is 1. The molecule has 2 aromatic rings. The second kappa shape index (κ2) is 8.81. The highest BCUT2D eigenvalue weighted by atomic mass is 32.1. The quantitative estimate of drug-likeness (QED) is 0.815. The number of rotatable bonds is 4. The summed E-state index contributed by atoms with van der Waals surface area (Å²) in [4.78, 5) is 19.0. The highest BCUT2D eigenvalue weighted by molar-refractivity contribution is 7.80. The Morgan fingerprint density at radius 1 is 1.22 bits per heavy atom. The molecule has 0 bridgehead atoms. The van der Waals surface area contributed by atoms with E-state index in [-0.39, 0.29) is 11.9 Å². The van der Waals surface area contributed by atoms with Gasteiger partial charge in [0.2, 0.25) is 0 Å². The van der Waals surface area contributed by atoms with Crippen LogP contribution in [0.25, 0.3) is 0 Å². The SMILES string of the molecule is COc1cc(OC)cc(C(=O)NC(=S)N2CCCC[C@@H]2c2cccnc2)c1. The first-order valence-corrected chi connectivity index (χ1v) is 9.28. The maximum absolute atomic E-state index is 12.7. The predicted molar refractivity (Wildman–Crippen MR) is 107 cm³/mol. The van der Waals surface area contributed by atoms with Crippen LogP contribution in [0.4, 0.5) is 0 Å². The van der Waals surface area contributed by atoms with Crippen LogP contribution in [0.3, 0.4) is 0 Å². The Kier molecular flexibility index (Phi) is 6.24. The number of aromatic nitrogens is 1. The van der Waals surface area contributed by atoms with Crippen LogP contribution >= 0.6 is 12.2 Å². The number of hydrogen-bond acceptors (Lipinski definition) is 5. The lowest BCUT2D eigenvalue weighted by Gasteiger charge is -2.37. The van der Waals surface area contributed by atoms with Crippen molar-refractivity contribution in [1.29, 1.82) is 0 Å². The number of pyridine rings is 1. The highest BCUT2D eigenvalue weighted by Crippen LogP contribution is 2.30. The number of carbonyl (C=O) groups is 1. The molecule has 0 radical (unpaired) electrons. The first-order chi connectivity index (χ1) is 13.1. The first kappa shape index (κ1) is 19.1. The number of amides is 1. The molecule has 7 heteroatoms. The van der Waals surface area contributed by atoms with Gasteiger partial charge in [-0.25, -0.2) is 0 Å². The Morgan fingerprint density at radius 2 is 1.96 bits per heavy atom. The van der Waals surface area contributed by atoms with Crippen molar-refractivity contribution in [1.82, 2.24) is 15.2 Å². The van der Waals surface area contributed by atoms with Crippen molar-refractivity contribution >= 4 is 23.2 Å². The Hall–Kier alpha value is -2.67. The van der Waals surface area contributed by atoms with Gasteiger partial charge in [0.15, 0.2) is 5.11 Å². The summed E-state index contributed by atoms with van der Waals surface area (Å²) in [7, 11) is 3.10. The average molecular weight is 385 g/mol. The molecule has 1 amide bonds. The molecule has 1 aliphatic heterocycles. The second-order valence-corrected chi connectivity index (χ2v) is 6.74. The van der Waals surface area contributed by atoms with E-state index in [4.69, 9.17) is 21.7 Å².